The van der Waals surface area contributed by atoms with Crippen molar-refractivity contribution in [3.63, 3.8) is 0 Å². The number of nitrogens with zero attached hydrogens (tertiary/aromatic N) is 1. The summed E-state index contributed by atoms with van der Waals surface area (Å²) in [4.78, 5) is 13.8. The van der Waals surface area contributed by atoms with Gasteiger partial charge < -0.3 is 5.32 Å². The van der Waals surface area contributed by atoms with Crippen molar-refractivity contribution in [3.8, 4) is 0 Å². The Hall–Kier alpha value is -0.710. The summed E-state index contributed by atoms with van der Waals surface area (Å²) in [7, 11) is 0. The number of halogens is 2. The number of carbonyl (C=O) groups excluding carboxylic acids is 1. The van der Waals surface area contributed by atoms with E-state index in [2.05, 4.69) is 5.32 Å². The number of nitrogens with one attached hydrogen (secondary N) is 1. The molecule has 0 aromatic carbocycles. The number of hydrogen-bond acceptors (Lipinski definition) is 2. The standard InChI is InChI=1S/C14H22F2N2O/c15-14(16)9-13(14)6-3-7-18(10-13)8-12(19)17-11-4-1-2-5-11/h11H,1-10H2,(H,17,19). The molecule has 2 saturated carbocycles. The maximum Gasteiger partial charge on any atom is 0.255 e. The van der Waals surface area contributed by atoms with E-state index in [4.69, 9.17) is 0 Å². The lowest BCUT2D eigenvalue weighted by molar-refractivity contribution is -0.123. The minimum absolute atomic E-state index is 0.00733. The van der Waals surface area contributed by atoms with Gasteiger partial charge in [-0.2, -0.15) is 0 Å². The Balaban J connectivity index is 1.48. The number of piperidine rings is 1. The monoisotopic (exact) mass is 272 g/mol. The van der Waals surface area contributed by atoms with Crippen molar-refractivity contribution in [1.29, 1.82) is 0 Å². The first-order valence-corrected chi connectivity index (χ1v) is 7.40. The minimum Gasteiger partial charge on any atom is -0.352 e. The van der Waals surface area contributed by atoms with Crippen molar-refractivity contribution in [2.45, 2.75) is 56.9 Å². The van der Waals surface area contributed by atoms with Gasteiger partial charge in [0.1, 0.15) is 0 Å². The van der Waals surface area contributed by atoms with Gasteiger partial charge in [-0.3, -0.25) is 9.69 Å². The predicted octanol–water partition coefficient (Wildman–Crippen LogP) is 2.17. The van der Waals surface area contributed by atoms with E-state index in [0.29, 0.717) is 19.0 Å². The summed E-state index contributed by atoms with van der Waals surface area (Å²) in [5, 5.41) is 3.03. The van der Waals surface area contributed by atoms with Gasteiger partial charge in [0.25, 0.3) is 5.92 Å². The molecule has 0 bridgehead atoms. The number of amides is 1. The van der Waals surface area contributed by atoms with E-state index in [9.17, 15) is 13.6 Å². The zero-order valence-corrected chi connectivity index (χ0v) is 11.3. The van der Waals surface area contributed by atoms with E-state index >= 15 is 0 Å². The van der Waals surface area contributed by atoms with Crippen molar-refractivity contribution in [2.24, 2.45) is 5.41 Å². The van der Waals surface area contributed by atoms with Gasteiger partial charge in [0.05, 0.1) is 12.0 Å². The van der Waals surface area contributed by atoms with E-state index in [1.165, 1.54) is 12.8 Å². The van der Waals surface area contributed by atoms with E-state index < -0.39 is 11.3 Å². The third-order valence-electron chi connectivity index (χ3n) is 4.95. The molecule has 3 rings (SSSR count). The number of hydrogen-bond donors (Lipinski definition) is 1. The van der Waals surface area contributed by atoms with Gasteiger partial charge in [-0.15, -0.1) is 0 Å². The Morgan fingerprint density at radius 1 is 1.26 bits per heavy atom. The lowest BCUT2D eigenvalue weighted by atomic mass is 9.94. The Morgan fingerprint density at radius 2 is 1.95 bits per heavy atom. The molecule has 1 N–H and O–H groups in total. The second-order valence-electron chi connectivity index (χ2n) is 6.52. The van der Waals surface area contributed by atoms with Gasteiger partial charge >= 0.3 is 0 Å². The molecule has 1 saturated heterocycles. The number of alkyl halides is 2. The fourth-order valence-corrected chi connectivity index (χ4v) is 3.73. The molecular formula is C14H22F2N2O. The third kappa shape index (κ3) is 2.62. The molecule has 1 unspecified atom stereocenters. The highest BCUT2D eigenvalue weighted by Crippen LogP contribution is 2.64. The van der Waals surface area contributed by atoms with E-state index in [1.807, 2.05) is 4.90 Å². The quantitative estimate of drug-likeness (QED) is 0.854. The SMILES string of the molecule is O=C(CN1CCCC2(C1)CC2(F)F)NC1CCCC1. The molecule has 108 valence electrons. The van der Waals surface area contributed by atoms with Gasteiger partial charge in [0.2, 0.25) is 5.91 Å². The van der Waals surface area contributed by atoms with Crippen molar-refractivity contribution in [2.75, 3.05) is 19.6 Å². The number of likely N-dealkylation sites (tertiary alicyclic amines) is 1. The summed E-state index contributed by atoms with van der Waals surface area (Å²) in [5.41, 5.74) is -0.807. The molecule has 3 nitrogen and oxygen atoms in total. The molecule has 3 aliphatic rings. The van der Waals surface area contributed by atoms with Crippen molar-refractivity contribution in [3.05, 3.63) is 0 Å². The lowest BCUT2D eigenvalue weighted by Crippen LogP contribution is -2.46. The van der Waals surface area contributed by atoms with E-state index in [1.54, 1.807) is 0 Å². The van der Waals surface area contributed by atoms with Crippen LogP contribution in [0.15, 0.2) is 0 Å². The van der Waals surface area contributed by atoms with Crippen LogP contribution in [0, 0.1) is 5.41 Å². The molecule has 3 fully saturated rings. The first-order chi connectivity index (χ1) is 9.01. The highest BCUT2D eigenvalue weighted by Gasteiger charge is 2.71. The molecular weight excluding hydrogens is 250 g/mol. The second kappa shape index (κ2) is 4.69. The summed E-state index contributed by atoms with van der Waals surface area (Å²) >= 11 is 0. The van der Waals surface area contributed by atoms with Crippen molar-refractivity contribution < 1.29 is 13.6 Å². The van der Waals surface area contributed by atoms with Crippen LogP contribution < -0.4 is 5.32 Å². The zero-order valence-electron chi connectivity index (χ0n) is 11.3. The van der Waals surface area contributed by atoms with Gasteiger partial charge in [-0.05, 0) is 32.2 Å². The highest BCUT2D eigenvalue weighted by molar-refractivity contribution is 5.78. The smallest absolute Gasteiger partial charge is 0.255 e. The van der Waals surface area contributed by atoms with Crippen LogP contribution in [0.3, 0.4) is 0 Å². The Bertz CT molecular complexity index is 368. The molecule has 1 heterocycles. The fraction of sp³-hybridized carbons (Fsp3) is 0.929. The molecule has 1 aliphatic heterocycles. The van der Waals surface area contributed by atoms with Crippen LogP contribution in [-0.4, -0.2) is 42.4 Å². The first-order valence-electron chi connectivity index (χ1n) is 7.40. The van der Waals surface area contributed by atoms with Crippen LogP contribution in [0.5, 0.6) is 0 Å². The fourth-order valence-electron chi connectivity index (χ4n) is 3.73. The van der Waals surface area contributed by atoms with Crippen LogP contribution in [0.1, 0.15) is 44.9 Å². The predicted molar refractivity (Wildman–Crippen MR) is 68.1 cm³/mol. The van der Waals surface area contributed by atoms with Crippen LogP contribution in [-0.2, 0) is 4.79 Å². The molecule has 2 aliphatic carbocycles. The number of carbonyl (C=O) groups is 1. The maximum absolute atomic E-state index is 13.4. The number of rotatable bonds is 3. The summed E-state index contributed by atoms with van der Waals surface area (Å²) in [5.74, 6) is -2.49. The normalized spacial score (nSPS) is 34.6. The third-order valence-corrected chi connectivity index (χ3v) is 4.95. The molecule has 1 spiro atoms. The van der Waals surface area contributed by atoms with E-state index in [0.717, 1.165) is 25.8 Å². The zero-order chi connectivity index (χ0) is 13.5. The topological polar surface area (TPSA) is 32.3 Å². The largest absolute Gasteiger partial charge is 0.352 e. The molecule has 5 heteroatoms. The minimum atomic E-state index is -2.49. The maximum atomic E-state index is 13.4. The van der Waals surface area contributed by atoms with Crippen molar-refractivity contribution >= 4 is 5.91 Å². The van der Waals surface area contributed by atoms with Gasteiger partial charge in [-0.1, -0.05) is 12.8 Å². The second-order valence-corrected chi connectivity index (χ2v) is 6.52. The summed E-state index contributed by atoms with van der Waals surface area (Å²) in [6, 6.07) is 0.314. The van der Waals surface area contributed by atoms with Crippen LogP contribution in [0.4, 0.5) is 8.78 Å². The molecule has 0 aromatic rings. The van der Waals surface area contributed by atoms with Crippen LogP contribution in [0.25, 0.3) is 0 Å². The molecule has 0 radical (unpaired) electrons. The Kier molecular flexibility index (Phi) is 3.28. The molecule has 19 heavy (non-hydrogen) atoms. The Labute approximate surface area is 112 Å². The highest BCUT2D eigenvalue weighted by atomic mass is 19.3. The average molecular weight is 272 g/mol. The molecule has 1 atom stereocenters. The molecule has 1 amide bonds. The van der Waals surface area contributed by atoms with Crippen LogP contribution >= 0.6 is 0 Å². The lowest BCUT2D eigenvalue weighted by Gasteiger charge is -2.32. The van der Waals surface area contributed by atoms with E-state index in [-0.39, 0.29) is 18.9 Å². The summed E-state index contributed by atoms with van der Waals surface area (Å²) < 4.78 is 26.8. The Morgan fingerprint density at radius 3 is 2.58 bits per heavy atom. The van der Waals surface area contributed by atoms with Crippen LogP contribution in [0.2, 0.25) is 0 Å². The van der Waals surface area contributed by atoms with Gasteiger partial charge in [0, 0.05) is 19.0 Å². The van der Waals surface area contributed by atoms with Gasteiger partial charge in [0.15, 0.2) is 0 Å². The summed E-state index contributed by atoms with van der Waals surface area (Å²) in [6.07, 6.45) is 5.91. The van der Waals surface area contributed by atoms with Crippen molar-refractivity contribution in [1.82, 2.24) is 10.2 Å². The molecule has 0 aromatic heterocycles. The first kappa shape index (κ1) is 13.3. The van der Waals surface area contributed by atoms with Gasteiger partial charge in [-0.25, -0.2) is 8.78 Å². The summed E-state index contributed by atoms with van der Waals surface area (Å²) in [6.45, 7) is 1.45. The average Bonchev–Trinajstić information content (AvgIpc) is 2.71.